The van der Waals surface area contributed by atoms with Crippen LogP contribution in [0.2, 0.25) is 0 Å². The number of halogens is 1. The fourth-order valence-electron chi connectivity index (χ4n) is 1.13. The van der Waals surface area contributed by atoms with Gasteiger partial charge in [-0.2, -0.15) is 5.10 Å². The second-order valence-electron chi connectivity index (χ2n) is 2.80. The summed E-state index contributed by atoms with van der Waals surface area (Å²) in [5.41, 5.74) is 2.17. The van der Waals surface area contributed by atoms with E-state index in [0.29, 0.717) is 6.54 Å². The summed E-state index contributed by atoms with van der Waals surface area (Å²) < 4.78 is 1.85. The number of aryl methyl sites for hydroxylation is 2. The quantitative estimate of drug-likeness (QED) is 0.693. The highest BCUT2D eigenvalue weighted by Gasteiger charge is 1.99. The van der Waals surface area contributed by atoms with Gasteiger partial charge in [0.2, 0.25) is 0 Å². The van der Waals surface area contributed by atoms with Crippen LogP contribution in [0.25, 0.3) is 0 Å². The molecule has 4 nitrogen and oxygen atoms in total. The summed E-state index contributed by atoms with van der Waals surface area (Å²) in [4.78, 5) is 0. The number of hydrogen-bond acceptors (Lipinski definition) is 3. The molecule has 0 unspecified atom stereocenters. The Hall–Kier alpha value is -0.580. The van der Waals surface area contributed by atoms with Gasteiger partial charge in [0.05, 0.1) is 18.0 Å². The number of hydrogen-bond donors (Lipinski definition) is 2. The van der Waals surface area contributed by atoms with Crippen molar-refractivity contribution in [3.63, 3.8) is 0 Å². The van der Waals surface area contributed by atoms with Gasteiger partial charge in [0.15, 0.2) is 0 Å². The topological polar surface area (TPSA) is 50.1 Å². The Bertz CT molecular complexity index is 250. The van der Waals surface area contributed by atoms with Crippen molar-refractivity contribution in [3.8, 4) is 0 Å². The molecule has 0 aliphatic heterocycles. The van der Waals surface area contributed by atoms with Crippen molar-refractivity contribution < 1.29 is 5.11 Å². The summed E-state index contributed by atoms with van der Waals surface area (Å²) in [6.45, 7) is 3.54. The first-order chi connectivity index (χ1) is 5.74. The molecule has 0 atom stereocenters. The zero-order chi connectivity index (χ0) is 8.97. The lowest BCUT2D eigenvalue weighted by Crippen LogP contribution is -2.19. The van der Waals surface area contributed by atoms with Crippen molar-refractivity contribution in [2.45, 2.75) is 13.5 Å². The average molecular weight is 206 g/mol. The average Bonchev–Trinajstić information content (AvgIpc) is 2.31. The Labute approximate surface area is 84.4 Å². The summed E-state index contributed by atoms with van der Waals surface area (Å²) in [6, 6.07) is 2.03. The molecular weight excluding hydrogens is 190 g/mol. The van der Waals surface area contributed by atoms with Crippen molar-refractivity contribution in [1.29, 1.82) is 0 Å². The molecular formula is C8H16ClN3O. The minimum absolute atomic E-state index is 0. The maximum Gasteiger partial charge on any atom is 0.0597 e. The summed E-state index contributed by atoms with van der Waals surface area (Å²) in [7, 11) is 1.92. The van der Waals surface area contributed by atoms with Crippen LogP contribution in [0.4, 0.5) is 0 Å². The molecule has 1 heterocycles. The number of aliphatic hydroxyl groups excluding tert-OH is 1. The van der Waals surface area contributed by atoms with Crippen LogP contribution in [0.1, 0.15) is 11.4 Å². The first kappa shape index (κ1) is 12.4. The van der Waals surface area contributed by atoms with E-state index < -0.39 is 0 Å². The number of aromatic nitrogens is 2. The third kappa shape index (κ3) is 3.76. The molecule has 0 spiro atoms. The standard InChI is InChI=1S/C8H15N3O.ClH/c1-7-5-8(11(2)10-7)6-9-3-4-12;/h5,9,12H,3-4,6H2,1-2H3;1H. The van der Waals surface area contributed by atoms with Crippen LogP contribution in [0.3, 0.4) is 0 Å². The maximum atomic E-state index is 8.53. The minimum atomic E-state index is 0. The molecule has 0 bridgehead atoms. The number of aliphatic hydroxyl groups is 1. The Morgan fingerprint density at radius 1 is 1.62 bits per heavy atom. The Kier molecular flexibility index (Phi) is 5.70. The molecule has 0 amide bonds. The van der Waals surface area contributed by atoms with E-state index in [2.05, 4.69) is 10.4 Å². The monoisotopic (exact) mass is 205 g/mol. The highest BCUT2D eigenvalue weighted by Crippen LogP contribution is 2.00. The van der Waals surface area contributed by atoms with Crippen LogP contribution < -0.4 is 5.32 Å². The highest BCUT2D eigenvalue weighted by atomic mass is 35.5. The first-order valence-corrected chi connectivity index (χ1v) is 4.05. The van der Waals surface area contributed by atoms with E-state index in [1.165, 1.54) is 0 Å². The van der Waals surface area contributed by atoms with Gasteiger partial charge in [-0.15, -0.1) is 12.4 Å². The molecule has 0 fully saturated rings. The molecule has 2 N–H and O–H groups in total. The SMILES string of the molecule is Cc1cc(CNCCO)n(C)n1.Cl. The normalized spacial score (nSPS) is 9.77. The van der Waals surface area contributed by atoms with Crippen molar-refractivity contribution in [1.82, 2.24) is 15.1 Å². The predicted molar refractivity (Wildman–Crippen MR) is 54.0 cm³/mol. The molecule has 1 aromatic heterocycles. The highest BCUT2D eigenvalue weighted by molar-refractivity contribution is 5.85. The molecule has 0 aromatic carbocycles. The van der Waals surface area contributed by atoms with E-state index in [1.54, 1.807) is 0 Å². The fourth-order valence-corrected chi connectivity index (χ4v) is 1.13. The lowest BCUT2D eigenvalue weighted by Gasteiger charge is -2.01. The Morgan fingerprint density at radius 2 is 2.31 bits per heavy atom. The van der Waals surface area contributed by atoms with Crippen LogP contribution in [-0.2, 0) is 13.6 Å². The van der Waals surface area contributed by atoms with Crippen molar-refractivity contribution in [2.75, 3.05) is 13.2 Å². The number of rotatable bonds is 4. The summed E-state index contributed by atoms with van der Waals surface area (Å²) >= 11 is 0. The van der Waals surface area contributed by atoms with E-state index >= 15 is 0 Å². The van der Waals surface area contributed by atoms with Crippen molar-refractivity contribution in [2.24, 2.45) is 7.05 Å². The first-order valence-electron chi connectivity index (χ1n) is 4.05. The van der Waals surface area contributed by atoms with Gasteiger partial charge >= 0.3 is 0 Å². The summed E-state index contributed by atoms with van der Waals surface area (Å²) in [5, 5.41) is 15.8. The van der Waals surface area contributed by atoms with Gasteiger partial charge in [-0.3, -0.25) is 4.68 Å². The van der Waals surface area contributed by atoms with Gasteiger partial charge in [0.1, 0.15) is 0 Å². The lowest BCUT2D eigenvalue weighted by molar-refractivity contribution is 0.291. The molecule has 0 saturated heterocycles. The molecule has 13 heavy (non-hydrogen) atoms. The van der Waals surface area contributed by atoms with Crippen molar-refractivity contribution >= 4 is 12.4 Å². The van der Waals surface area contributed by atoms with E-state index in [4.69, 9.17) is 5.11 Å². The summed E-state index contributed by atoms with van der Waals surface area (Å²) in [5.74, 6) is 0. The molecule has 5 heteroatoms. The molecule has 0 aliphatic rings. The Balaban J connectivity index is 0.00000144. The largest absolute Gasteiger partial charge is 0.395 e. The lowest BCUT2D eigenvalue weighted by atomic mass is 10.3. The molecule has 76 valence electrons. The number of nitrogens with one attached hydrogen (secondary N) is 1. The van der Waals surface area contributed by atoms with E-state index in [9.17, 15) is 0 Å². The van der Waals surface area contributed by atoms with E-state index in [1.807, 2.05) is 24.7 Å². The van der Waals surface area contributed by atoms with Gasteiger partial charge in [-0.1, -0.05) is 0 Å². The summed E-state index contributed by atoms with van der Waals surface area (Å²) in [6.07, 6.45) is 0. The van der Waals surface area contributed by atoms with Gasteiger partial charge in [-0.25, -0.2) is 0 Å². The van der Waals surface area contributed by atoms with Crippen LogP contribution >= 0.6 is 12.4 Å². The van der Waals surface area contributed by atoms with Crippen LogP contribution in [0.5, 0.6) is 0 Å². The van der Waals surface area contributed by atoms with E-state index in [-0.39, 0.29) is 19.0 Å². The van der Waals surface area contributed by atoms with Gasteiger partial charge in [0.25, 0.3) is 0 Å². The second-order valence-corrected chi connectivity index (χ2v) is 2.80. The molecule has 1 rings (SSSR count). The van der Waals surface area contributed by atoms with Crippen molar-refractivity contribution in [3.05, 3.63) is 17.5 Å². The minimum Gasteiger partial charge on any atom is -0.395 e. The van der Waals surface area contributed by atoms with Crippen LogP contribution in [-0.4, -0.2) is 28.0 Å². The smallest absolute Gasteiger partial charge is 0.0597 e. The molecule has 1 aromatic rings. The third-order valence-electron chi connectivity index (χ3n) is 1.69. The zero-order valence-corrected chi connectivity index (χ0v) is 8.77. The van der Waals surface area contributed by atoms with Gasteiger partial charge < -0.3 is 10.4 Å². The third-order valence-corrected chi connectivity index (χ3v) is 1.69. The number of nitrogens with zero attached hydrogens (tertiary/aromatic N) is 2. The second kappa shape index (κ2) is 5.96. The Morgan fingerprint density at radius 3 is 2.77 bits per heavy atom. The fraction of sp³-hybridized carbons (Fsp3) is 0.625. The molecule has 0 saturated carbocycles. The molecule has 0 radical (unpaired) electrons. The maximum absolute atomic E-state index is 8.53. The van der Waals surface area contributed by atoms with Crippen LogP contribution in [0, 0.1) is 6.92 Å². The predicted octanol–water partition coefficient (Wildman–Crippen LogP) is 0.232. The van der Waals surface area contributed by atoms with Crippen LogP contribution in [0.15, 0.2) is 6.07 Å². The van der Waals surface area contributed by atoms with E-state index in [0.717, 1.165) is 17.9 Å². The van der Waals surface area contributed by atoms with Gasteiger partial charge in [0, 0.05) is 20.1 Å². The van der Waals surface area contributed by atoms with Gasteiger partial charge in [-0.05, 0) is 13.0 Å². The zero-order valence-electron chi connectivity index (χ0n) is 7.95. The molecule has 0 aliphatic carbocycles.